The van der Waals surface area contributed by atoms with E-state index in [0.29, 0.717) is 11.6 Å². The molecule has 3 amide bonds. The predicted octanol–water partition coefficient (Wildman–Crippen LogP) is 0.166. The minimum Gasteiger partial charge on any atom is -0.480 e. The van der Waals surface area contributed by atoms with Crippen LogP contribution in [-0.4, -0.2) is 69.6 Å². The zero-order valence-electron chi connectivity index (χ0n) is 11.4. The molecule has 2 aliphatic heterocycles. The van der Waals surface area contributed by atoms with Gasteiger partial charge >= 0.3 is 12.0 Å². The molecule has 2 saturated heterocycles. The molecule has 0 aromatic rings. The van der Waals surface area contributed by atoms with Crippen LogP contribution in [0.15, 0.2) is 0 Å². The lowest BCUT2D eigenvalue weighted by Gasteiger charge is -2.25. The Bertz CT molecular complexity index is 412. The van der Waals surface area contributed by atoms with Gasteiger partial charge in [-0.05, 0) is 19.8 Å². The van der Waals surface area contributed by atoms with Crippen molar-refractivity contribution in [3.63, 3.8) is 0 Å². The number of urea groups is 1. The Morgan fingerprint density at radius 3 is 2.55 bits per heavy atom. The van der Waals surface area contributed by atoms with Crippen LogP contribution in [0.2, 0.25) is 0 Å². The minimum atomic E-state index is -1.01. The second kappa shape index (κ2) is 6.34. The van der Waals surface area contributed by atoms with E-state index in [1.54, 1.807) is 11.8 Å². The molecule has 2 fully saturated rings. The number of amides is 3. The number of likely N-dealkylation sites (tertiary alicyclic amines) is 1. The van der Waals surface area contributed by atoms with E-state index < -0.39 is 24.1 Å². The molecule has 0 bridgehead atoms. The van der Waals surface area contributed by atoms with Crippen LogP contribution in [0.25, 0.3) is 0 Å². The Kier molecular flexibility index (Phi) is 4.74. The van der Waals surface area contributed by atoms with Crippen LogP contribution in [0.1, 0.15) is 19.8 Å². The smallest absolute Gasteiger partial charge is 0.327 e. The Morgan fingerprint density at radius 2 is 1.95 bits per heavy atom. The van der Waals surface area contributed by atoms with Crippen LogP contribution in [0.3, 0.4) is 0 Å². The summed E-state index contributed by atoms with van der Waals surface area (Å²) >= 11 is 1.40. The molecule has 7 nitrogen and oxygen atoms in total. The molecule has 2 rings (SSSR count). The summed E-state index contributed by atoms with van der Waals surface area (Å²) in [4.78, 5) is 38.2. The predicted molar refractivity (Wildman–Crippen MR) is 74.4 cm³/mol. The zero-order valence-corrected chi connectivity index (χ0v) is 12.2. The van der Waals surface area contributed by atoms with Crippen LogP contribution in [-0.2, 0) is 9.59 Å². The number of carboxylic acid groups (broad SMARTS) is 1. The first-order chi connectivity index (χ1) is 9.50. The lowest BCUT2D eigenvalue weighted by Crippen LogP contribution is -2.53. The van der Waals surface area contributed by atoms with Gasteiger partial charge in [0, 0.05) is 18.8 Å². The van der Waals surface area contributed by atoms with Gasteiger partial charge in [-0.1, -0.05) is 0 Å². The zero-order chi connectivity index (χ0) is 14.7. The van der Waals surface area contributed by atoms with Gasteiger partial charge in [0.25, 0.3) is 0 Å². The molecule has 112 valence electrons. The largest absolute Gasteiger partial charge is 0.480 e. The van der Waals surface area contributed by atoms with E-state index in [2.05, 4.69) is 5.32 Å². The van der Waals surface area contributed by atoms with Crippen molar-refractivity contribution in [2.75, 3.05) is 24.7 Å². The van der Waals surface area contributed by atoms with Gasteiger partial charge in [-0.2, -0.15) is 0 Å². The highest BCUT2D eigenvalue weighted by molar-refractivity contribution is 7.99. The summed E-state index contributed by atoms with van der Waals surface area (Å²) in [6.07, 6.45) is 1.99. The van der Waals surface area contributed by atoms with Crippen molar-refractivity contribution in [2.24, 2.45) is 0 Å². The van der Waals surface area contributed by atoms with Crippen LogP contribution < -0.4 is 5.32 Å². The first kappa shape index (κ1) is 15.0. The van der Waals surface area contributed by atoms with Gasteiger partial charge < -0.3 is 20.2 Å². The molecule has 2 aliphatic rings. The van der Waals surface area contributed by atoms with Gasteiger partial charge in [-0.25, -0.2) is 9.59 Å². The topological polar surface area (TPSA) is 90.0 Å². The number of aliphatic carboxylic acids is 1. The van der Waals surface area contributed by atoms with Crippen molar-refractivity contribution in [3.8, 4) is 0 Å². The van der Waals surface area contributed by atoms with Crippen LogP contribution >= 0.6 is 11.8 Å². The number of hydrogen-bond donors (Lipinski definition) is 2. The lowest BCUT2D eigenvalue weighted by atomic mass is 10.3. The molecule has 2 atom stereocenters. The number of thioether (sulfide) groups is 1. The third-order valence-electron chi connectivity index (χ3n) is 3.56. The summed E-state index contributed by atoms with van der Waals surface area (Å²) in [6.45, 7) is 3.10. The highest BCUT2D eigenvalue weighted by atomic mass is 32.2. The number of carboxylic acids is 1. The second-order valence-electron chi connectivity index (χ2n) is 5.03. The quantitative estimate of drug-likeness (QED) is 0.775. The molecule has 0 aliphatic carbocycles. The lowest BCUT2D eigenvalue weighted by molar-refractivity contribution is -0.140. The summed E-state index contributed by atoms with van der Waals surface area (Å²) < 4.78 is 0. The molecular formula is C12H19N3O4S. The first-order valence-electron chi connectivity index (χ1n) is 6.67. The molecule has 2 unspecified atom stereocenters. The SMILES string of the molecule is CC(NC(=O)N1CSCC1C(=O)O)C(=O)N1CCCC1. The van der Waals surface area contributed by atoms with E-state index in [1.807, 2.05) is 0 Å². The van der Waals surface area contributed by atoms with E-state index in [1.165, 1.54) is 16.7 Å². The molecule has 0 spiro atoms. The standard InChI is InChI=1S/C12H19N3O4S/c1-8(10(16)14-4-2-3-5-14)13-12(19)15-7-20-6-9(15)11(17)18/h8-9H,2-7H2,1H3,(H,13,19)(H,17,18). The van der Waals surface area contributed by atoms with Crippen molar-refractivity contribution in [3.05, 3.63) is 0 Å². The van der Waals surface area contributed by atoms with Gasteiger partial charge in [0.2, 0.25) is 5.91 Å². The summed E-state index contributed by atoms with van der Waals surface area (Å²) in [6, 6.07) is -1.92. The van der Waals surface area contributed by atoms with E-state index in [4.69, 9.17) is 5.11 Å². The number of carbonyl (C=O) groups is 3. The molecule has 8 heteroatoms. The van der Waals surface area contributed by atoms with E-state index in [0.717, 1.165) is 25.9 Å². The van der Waals surface area contributed by atoms with Crippen molar-refractivity contribution in [1.29, 1.82) is 0 Å². The number of carbonyl (C=O) groups excluding carboxylic acids is 2. The van der Waals surface area contributed by atoms with Crippen molar-refractivity contribution < 1.29 is 19.5 Å². The van der Waals surface area contributed by atoms with Crippen molar-refractivity contribution in [1.82, 2.24) is 15.1 Å². The maximum absolute atomic E-state index is 12.1. The number of nitrogens with zero attached hydrogens (tertiary/aromatic N) is 2. The third-order valence-corrected chi connectivity index (χ3v) is 4.57. The van der Waals surface area contributed by atoms with E-state index in [-0.39, 0.29) is 5.91 Å². The fourth-order valence-corrected chi connectivity index (χ4v) is 3.53. The molecule has 2 N–H and O–H groups in total. The minimum absolute atomic E-state index is 0.102. The van der Waals surface area contributed by atoms with Gasteiger partial charge in [-0.3, -0.25) is 4.79 Å². The summed E-state index contributed by atoms with van der Waals surface area (Å²) in [5.74, 6) is -0.386. The van der Waals surface area contributed by atoms with E-state index in [9.17, 15) is 14.4 Å². The first-order valence-corrected chi connectivity index (χ1v) is 7.82. The monoisotopic (exact) mass is 301 g/mol. The average Bonchev–Trinajstić information content (AvgIpc) is 3.08. The maximum Gasteiger partial charge on any atom is 0.327 e. The second-order valence-corrected chi connectivity index (χ2v) is 6.03. The highest BCUT2D eigenvalue weighted by Crippen LogP contribution is 2.21. The number of nitrogens with one attached hydrogen (secondary N) is 1. The summed E-state index contributed by atoms with van der Waals surface area (Å²) in [5, 5.41) is 11.6. The molecular weight excluding hydrogens is 282 g/mol. The Hall–Kier alpha value is -1.44. The summed E-state index contributed by atoms with van der Waals surface area (Å²) in [7, 11) is 0. The maximum atomic E-state index is 12.1. The highest BCUT2D eigenvalue weighted by Gasteiger charge is 2.36. The molecule has 0 saturated carbocycles. The van der Waals surface area contributed by atoms with E-state index >= 15 is 0 Å². The van der Waals surface area contributed by atoms with Gasteiger partial charge in [0.05, 0.1) is 5.88 Å². The van der Waals surface area contributed by atoms with Crippen LogP contribution in [0.5, 0.6) is 0 Å². The Balaban J connectivity index is 1.90. The Labute approximate surface area is 121 Å². The van der Waals surface area contributed by atoms with Gasteiger partial charge in [-0.15, -0.1) is 11.8 Å². The number of hydrogen-bond acceptors (Lipinski definition) is 4. The van der Waals surface area contributed by atoms with Crippen molar-refractivity contribution >= 4 is 29.7 Å². The van der Waals surface area contributed by atoms with Crippen LogP contribution in [0.4, 0.5) is 4.79 Å². The average molecular weight is 301 g/mol. The Morgan fingerprint density at radius 1 is 1.30 bits per heavy atom. The fourth-order valence-electron chi connectivity index (χ4n) is 2.39. The molecule has 2 heterocycles. The molecule has 0 radical (unpaired) electrons. The normalized spacial score (nSPS) is 23.8. The van der Waals surface area contributed by atoms with Gasteiger partial charge in [0.1, 0.15) is 12.1 Å². The van der Waals surface area contributed by atoms with Crippen molar-refractivity contribution in [2.45, 2.75) is 31.8 Å². The molecule has 0 aromatic heterocycles. The van der Waals surface area contributed by atoms with Crippen LogP contribution in [0, 0.1) is 0 Å². The summed E-state index contributed by atoms with van der Waals surface area (Å²) in [5.41, 5.74) is 0. The number of rotatable bonds is 3. The van der Waals surface area contributed by atoms with Gasteiger partial charge in [0.15, 0.2) is 0 Å². The molecule has 20 heavy (non-hydrogen) atoms. The molecule has 0 aromatic carbocycles. The fraction of sp³-hybridized carbons (Fsp3) is 0.750. The third kappa shape index (κ3) is 3.17.